The Labute approximate surface area is 352 Å². The second kappa shape index (κ2) is 18.5. The van der Waals surface area contributed by atoms with Gasteiger partial charge in [0, 0.05) is 73.7 Å². The van der Waals surface area contributed by atoms with E-state index in [0.29, 0.717) is 17.6 Å². The van der Waals surface area contributed by atoms with Crippen LogP contribution in [0.15, 0.2) is 107 Å². The normalized spacial score (nSPS) is 17.3. The molecule has 0 radical (unpaired) electrons. The average Bonchev–Trinajstić information content (AvgIpc) is 3.81. The lowest BCUT2D eigenvalue weighted by Gasteiger charge is -2.34. The van der Waals surface area contributed by atoms with Crippen LogP contribution in [0, 0.1) is 11.6 Å². The lowest BCUT2D eigenvalue weighted by molar-refractivity contribution is 0.0500. The maximum Gasteiger partial charge on any atom is 0.407 e. The van der Waals surface area contributed by atoms with Gasteiger partial charge in [-0.15, -0.1) is 0 Å². The Bertz CT molecular complexity index is 2670. The van der Waals surface area contributed by atoms with Crippen LogP contribution in [0.4, 0.5) is 25.0 Å². The maximum absolute atomic E-state index is 13.6. The second-order valence-electron chi connectivity index (χ2n) is 15.4. The van der Waals surface area contributed by atoms with Crippen molar-refractivity contribution in [1.29, 1.82) is 0 Å². The standard InChI is InChI=1S/C18H19FN4O2S.C17H24N4O2.C6H4ClFO2S/c19-13-4-1-6-15(10-13)26(24,25)23-12-17(18-16(23)7-2-8-21-18)22-9-3-5-14(20)11-22;1-17(2,3)23-16(22)20-12-6-5-9-21(11-12)14-10-19-13-7-4-8-18-15(13)14;7-11(9,10)6-3-1-2-5(8)4-6/h1-2,4,6-8,10,12,14H,3,5,9,11,20H2;4,7-8,10,12,19H,5-6,9,11H2,1-3H3,(H,20,22);1-4H. The zero-order valence-electron chi connectivity index (χ0n) is 33.3. The molecule has 4 aromatic heterocycles. The summed E-state index contributed by atoms with van der Waals surface area (Å²) in [6, 6.07) is 17.0. The number of carbonyl (C=O) groups excluding carboxylic acids is 1. The van der Waals surface area contributed by atoms with Crippen molar-refractivity contribution in [3.63, 3.8) is 0 Å². The molecule has 2 fully saturated rings. The molecular formula is C41H47ClF2N8O6S2. The number of aromatic amines is 1. The van der Waals surface area contributed by atoms with Crippen LogP contribution >= 0.6 is 10.7 Å². The first-order chi connectivity index (χ1) is 28.4. The van der Waals surface area contributed by atoms with Crippen LogP contribution in [0.2, 0.25) is 0 Å². The Kier molecular flexibility index (Phi) is 13.7. The van der Waals surface area contributed by atoms with E-state index < -0.39 is 36.3 Å². The van der Waals surface area contributed by atoms with Gasteiger partial charge in [-0.1, -0.05) is 12.1 Å². The monoisotopic (exact) mass is 884 g/mol. The number of H-pyrrole nitrogens is 1. The number of pyridine rings is 2. The third kappa shape index (κ3) is 11.1. The molecule has 0 saturated carbocycles. The zero-order valence-corrected chi connectivity index (χ0v) is 35.7. The molecule has 0 aliphatic carbocycles. The van der Waals surface area contributed by atoms with Crippen LogP contribution in [-0.2, 0) is 23.8 Å². The molecule has 14 nitrogen and oxygen atoms in total. The van der Waals surface area contributed by atoms with Gasteiger partial charge < -0.3 is 30.6 Å². The number of hydrogen-bond acceptors (Lipinski definition) is 11. The Hall–Kier alpha value is -5.30. The third-order valence-corrected chi connectivity index (χ3v) is 12.7. The van der Waals surface area contributed by atoms with Gasteiger partial charge in [-0.25, -0.2) is 34.4 Å². The summed E-state index contributed by atoms with van der Waals surface area (Å²) in [5, 5.41) is 2.98. The van der Waals surface area contributed by atoms with Crippen molar-refractivity contribution in [2.45, 2.75) is 73.9 Å². The van der Waals surface area contributed by atoms with Crippen molar-refractivity contribution in [2.75, 3.05) is 36.0 Å². The Balaban J connectivity index is 0.000000163. The number of rotatable bonds is 6. The van der Waals surface area contributed by atoms with E-state index in [9.17, 15) is 30.4 Å². The highest BCUT2D eigenvalue weighted by molar-refractivity contribution is 8.13. The Morgan fingerprint density at radius 2 is 1.47 bits per heavy atom. The summed E-state index contributed by atoms with van der Waals surface area (Å²) < 4.78 is 79.8. The molecule has 320 valence electrons. The number of alkyl carbamates (subject to hydrolysis) is 1. The highest BCUT2D eigenvalue weighted by atomic mass is 35.7. The van der Waals surface area contributed by atoms with Crippen LogP contribution in [0.1, 0.15) is 46.5 Å². The number of hydrogen-bond donors (Lipinski definition) is 3. The summed E-state index contributed by atoms with van der Waals surface area (Å²) in [6.07, 6.45) is 10.5. The molecule has 0 spiro atoms. The van der Waals surface area contributed by atoms with E-state index in [1.54, 1.807) is 30.7 Å². The van der Waals surface area contributed by atoms with Crippen molar-refractivity contribution in [3.8, 4) is 0 Å². The fraction of sp³-hybridized carbons (Fsp3) is 0.341. The molecule has 6 heterocycles. The van der Waals surface area contributed by atoms with E-state index in [1.165, 1.54) is 34.3 Å². The third-order valence-electron chi connectivity index (χ3n) is 9.63. The number of anilines is 2. The van der Waals surface area contributed by atoms with Gasteiger partial charge in [0.2, 0.25) is 0 Å². The van der Waals surface area contributed by atoms with E-state index >= 15 is 0 Å². The zero-order chi connectivity index (χ0) is 43.2. The molecule has 2 atom stereocenters. The number of amides is 1. The first-order valence-corrected chi connectivity index (χ1v) is 23.0. The minimum absolute atomic E-state index is 0.0469. The van der Waals surface area contributed by atoms with Gasteiger partial charge in [0.25, 0.3) is 19.1 Å². The van der Waals surface area contributed by atoms with E-state index in [0.717, 1.165) is 85.9 Å². The van der Waals surface area contributed by atoms with Gasteiger partial charge in [0.05, 0.1) is 32.2 Å². The van der Waals surface area contributed by atoms with Gasteiger partial charge in [-0.3, -0.25) is 9.97 Å². The highest BCUT2D eigenvalue weighted by Crippen LogP contribution is 2.32. The summed E-state index contributed by atoms with van der Waals surface area (Å²) >= 11 is 0. The largest absolute Gasteiger partial charge is 0.444 e. The quantitative estimate of drug-likeness (QED) is 0.144. The Morgan fingerprint density at radius 1 is 0.850 bits per heavy atom. The van der Waals surface area contributed by atoms with Crippen LogP contribution in [0.5, 0.6) is 0 Å². The van der Waals surface area contributed by atoms with Crippen molar-refractivity contribution in [2.24, 2.45) is 5.73 Å². The van der Waals surface area contributed by atoms with E-state index in [2.05, 4.69) is 30.1 Å². The van der Waals surface area contributed by atoms with Crippen LogP contribution in [-0.4, -0.2) is 85.7 Å². The van der Waals surface area contributed by atoms with E-state index in [1.807, 2.05) is 39.1 Å². The van der Waals surface area contributed by atoms with E-state index in [4.69, 9.17) is 21.2 Å². The number of fused-ring (bicyclic) bond motifs is 2. The van der Waals surface area contributed by atoms with Crippen LogP contribution in [0.3, 0.4) is 0 Å². The molecule has 8 rings (SSSR count). The average molecular weight is 885 g/mol. The van der Waals surface area contributed by atoms with Crippen molar-refractivity contribution in [1.82, 2.24) is 24.2 Å². The fourth-order valence-corrected chi connectivity index (χ4v) is 9.17. The van der Waals surface area contributed by atoms with Crippen molar-refractivity contribution < 1.29 is 35.1 Å². The number of piperidine rings is 2. The summed E-state index contributed by atoms with van der Waals surface area (Å²) in [7, 11) is -2.80. The van der Waals surface area contributed by atoms with Gasteiger partial charge in [0.15, 0.2) is 0 Å². The van der Waals surface area contributed by atoms with Crippen LogP contribution in [0.25, 0.3) is 22.1 Å². The van der Waals surface area contributed by atoms with Crippen LogP contribution < -0.4 is 20.9 Å². The number of carbonyl (C=O) groups is 1. The molecule has 2 aliphatic heterocycles. The molecule has 0 bridgehead atoms. The number of nitrogens with zero attached hydrogens (tertiary/aromatic N) is 5. The number of halogens is 3. The van der Waals surface area contributed by atoms with Crippen molar-refractivity contribution in [3.05, 3.63) is 109 Å². The minimum atomic E-state index is -3.94. The first kappa shape index (κ1) is 44.3. The summed E-state index contributed by atoms with van der Waals surface area (Å²) in [6.45, 7) is 8.80. The molecule has 60 heavy (non-hydrogen) atoms. The summed E-state index contributed by atoms with van der Waals surface area (Å²) in [4.78, 5) is 28.1. The molecule has 2 aromatic carbocycles. The fourth-order valence-electron chi connectivity index (χ4n) is 7.00. The number of ether oxygens (including phenoxy) is 1. The smallest absolute Gasteiger partial charge is 0.407 e. The van der Waals surface area contributed by atoms with Gasteiger partial charge in [-0.05, 0) is 107 Å². The molecule has 6 aromatic rings. The molecule has 4 N–H and O–H groups in total. The second-order valence-corrected chi connectivity index (χ2v) is 19.8. The topological polar surface area (TPSA) is 186 Å². The molecule has 2 unspecified atom stereocenters. The number of benzene rings is 2. The predicted molar refractivity (Wildman–Crippen MR) is 228 cm³/mol. The highest BCUT2D eigenvalue weighted by Gasteiger charge is 2.28. The number of aromatic nitrogens is 4. The lowest BCUT2D eigenvalue weighted by Crippen LogP contribution is -2.49. The van der Waals surface area contributed by atoms with Gasteiger partial charge in [0.1, 0.15) is 28.3 Å². The van der Waals surface area contributed by atoms with Crippen molar-refractivity contribution >= 4 is 69.3 Å². The molecule has 1 amide bonds. The van der Waals surface area contributed by atoms with E-state index in [-0.39, 0.29) is 28.0 Å². The maximum atomic E-state index is 13.6. The molecule has 2 saturated heterocycles. The number of nitrogens with one attached hydrogen (secondary N) is 2. The predicted octanol–water partition coefficient (Wildman–Crippen LogP) is 7.15. The summed E-state index contributed by atoms with van der Waals surface area (Å²) in [5.74, 6) is -1.21. The number of nitrogens with two attached hydrogens (primary N) is 1. The lowest BCUT2D eigenvalue weighted by atomic mass is 10.1. The first-order valence-electron chi connectivity index (χ1n) is 19.2. The molecule has 19 heteroatoms. The van der Waals surface area contributed by atoms with Gasteiger partial charge >= 0.3 is 6.09 Å². The molecule has 2 aliphatic rings. The molecular weight excluding hydrogens is 838 g/mol. The Morgan fingerprint density at radius 3 is 2.10 bits per heavy atom. The minimum Gasteiger partial charge on any atom is -0.444 e. The SMILES string of the molecule is CC(C)(C)OC(=O)NC1CCCN(c2c[nH]c3cccnc23)C1.NC1CCCN(c2cn(S(=O)(=O)c3cccc(F)c3)c3cccnc23)C1.O=S(=O)(Cl)c1cccc(F)c1. The summed E-state index contributed by atoms with van der Waals surface area (Å²) in [5.41, 5.74) is 10.5. The van der Waals surface area contributed by atoms with Gasteiger partial charge in [-0.2, -0.15) is 0 Å².